The normalized spacial score (nSPS) is 18.1. The van der Waals surface area contributed by atoms with Gasteiger partial charge in [0.25, 0.3) is 5.78 Å². The number of carbonyl (C=O) groups is 2. The van der Waals surface area contributed by atoms with E-state index in [0.717, 1.165) is 16.6 Å². The number of aliphatic hydroxyl groups excluding tert-OH is 1. The summed E-state index contributed by atoms with van der Waals surface area (Å²) in [5, 5.41) is 11.2. The van der Waals surface area contributed by atoms with E-state index in [4.69, 9.17) is 4.42 Å². The van der Waals surface area contributed by atoms with Gasteiger partial charge in [-0.15, -0.1) is 0 Å². The van der Waals surface area contributed by atoms with Crippen LogP contribution in [0.25, 0.3) is 16.8 Å². The van der Waals surface area contributed by atoms with E-state index in [1.165, 1.54) is 4.90 Å². The first-order valence-corrected chi connectivity index (χ1v) is 10.2. The number of nitrogens with one attached hydrogen (secondary N) is 1. The minimum absolute atomic E-state index is 0.0342. The Kier molecular flexibility index (Phi) is 4.48. The van der Waals surface area contributed by atoms with Crippen molar-refractivity contribution < 1.29 is 19.1 Å². The molecule has 2 aromatic heterocycles. The fourth-order valence-corrected chi connectivity index (χ4v) is 4.02. The molecule has 0 saturated carbocycles. The van der Waals surface area contributed by atoms with E-state index in [1.807, 2.05) is 44.2 Å². The van der Waals surface area contributed by atoms with Crippen molar-refractivity contribution in [3.63, 3.8) is 0 Å². The third-order valence-electron chi connectivity index (χ3n) is 5.86. The van der Waals surface area contributed by atoms with E-state index >= 15 is 0 Å². The SMILES string of the molecule is Cc1ccc(C2/C(=C(\O)c3ccc(C)c(C)c3)C(=O)C(=O)N2c2nc3ccccc3[nH]2)o1. The summed E-state index contributed by atoms with van der Waals surface area (Å²) in [7, 11) is 0. The molecular weight excluding hydrogens is 406 g/mol. The maximum atomic E-state index is 13.2. The number of H-pyrrole nitrogens is 1. The maximum absolute atomic E-state index is 13.2. The van der Waals surface area contributed by atoms with Crippen molar-refractivity contribution in [3.8, 4) is 0 Å². The summed E-state index contributed by atoms with van der Waals surface area (Å²) in [5.74, 6) is -0.613. The maximum Gasteiger partial charge on any atom is 0.302 e. The number of hydrogen-bond donors (Lipinski definition) is 2. The quantitative estimate of drug-likeness (QED) is 0.280. The number of imidazole rings is 1. The molecule has 4 aromatic rings. The third kappa shape index (κ3) is 3.01. The zero-order valence-corrected chi connectivity index (χ0v) is 17.8. The number of fused-ring (bicyclic) bond motifs is 1. The van der Waals surface area contributed by atoms with Crippen molar-refractivity contribution in [2.24, 2.45) is 0 Å². The van der Waals surface area contributed by atoms with Gasteiger partial charge in [0.2, 0.25) is 5.95 Å². The number of nitrogens with zero attached hydrogens (tertiary/aromatic N) is 2. The Labute approximate surface area is 184 Å². The molecule has 160 valence electrons. The van der Waals surface area contributed by atoms with Gasteiger partial charge >= 0.3 is 5.91 Å². The minimum atomic E-state index is -0.953. The van der Waals surface area contributed by atoms with Gasteiger partial charge in [-0.2, -0.15) is 0 Å². The summed E-state index contributed by atoms with van der Waals surface area (Å²) in [4.78, 5) is 35.2. The lowest BCUT2D eigenvalue weighted by molar-refractivity contribution is -0.132. The van der Waals surface area contributed by atoms with Gasteiger partial charge in [0.05, 0.1) is 16.6 Å². The molecule has 3 heterocycles. The Bertz CT molecular complexity index is 1390. The number of carbonyl (C=O) groups excluding carboxylic acids is 2. The predicted octanol–water partition coefficient (Wildman–Crippen LogP) is 4.71. The number of para-hydroxylation sites is 2. The summed E-state index contributed by atoms with van der Waals surface area (Å²) >= 11 is 0. The van der Waals surface area contributed by atoms with Crippen molar-refractivity contribution in [2.45, 2.75) is 26.8 Å². The summed E-state index contributed by atoms with van der Waals surface area (Å²) in [6, 6.07) is 15.2. The fourth-order valence-electron chi connectivity index (χ4n) is 4.02. The summed E-state index contributed by atoms with van der Waals surface area (Å²) in [6.07, 6.45) is 0. The third-order valence-corrected chi connectivity index (χ3v) is 5.86. The molecule has 0 radical (unpaired) electrons. The number of furan rings is 1. The van der Waals surface area contributed by atoms with Crippen LogP contribution in [0.2, 0.25) is 0 Å². The molecule has 2 N–H and O–H groups in total. The van der Waals surface area contributed by atoms with Crippen LogP contribution in [-0.2, 0) is 9.59 Å². The Morgan fingerprint density at radius 1 is 1.03 bits per heavy atom. The molecule has 0 aliphatic carbocycles. The van der Waals surface area contributed by atoms with E-state index in [9.17, 15) is 14.7 Å². The predicted molar refractivity (Wildman–Crippen MR) is 120 cm³/mol. The molecule has 0 spiro atoms. The van der Waals surface area contributed by atoms with Crippen LogP contribution in [-0.4, -0.2) is 26.8 Å². The highest BCUT2D eigenvalue weighted by Crippen LogP contribution is 2.42. The molecule has 32 heavy (non-hydrogen) atoms. The largest absolute Gasteiger partial charge is 0.507 e. The summed E-state index contributed by atoms with van der Waals surface area (Å²) < 4.78 is 5.82. The van der Waals surface area contributed by atoms with Gasteiger partial charge in [0.15, 0.2) is 0 Å². The van der Waals surface area contributed by atoms with Crippen LogP contribution in [0, 0.1) is 20.8 Å². The lowest BCUT2D eigenvalue weighted by Crippen LogP contribution is -2.30. The highest BCUT2D eigenvalue weighted by molar-refractivity contribution is 6.51. The molecular formula is C25H21N3O4. The van der Waals surface area contributed by atoms with Gasteiger partial charge in [-0.25, -0.2) is 4.98 Å². The van der Waals surface area contributed by atoms with Crippen LogP contribution in [0.5, 0.6) is 0 Å². The average molecular weight is 427 g/mol. The molecule has 7 heteroatoms. The minimum Gasteiger partial charge on any atom is -0.507 e. The Balaban J connectivity index is 1.73. The number of aliphatic hydroxyl groups is 1. The van der Waals surface area contributed by atoms with Crippen molar-refractivity contribution in [1.82, 2.24) is 9.97 Å². The molecule has 1 unspecified atom stereocenters. The van der Waals surface area contributed by atoms with Crippen molar-refractivity contribution >= 4 is 34.4 Å². The van der Waals surface area contributed by atoms with Gasteiger partial charge in [-0.05, 0) is 62.2 Å². The average Bonchev–Trinajstić information content (AvgIpc) is 3.46. The molecule has 1 saturated heterocycles. The monoisotopic (exact) mass is 427 g/mol. The number of anilines is 1. The second-order valence-corrected chi connectivity index (χ2v) is 7.99. The molecule has 1 atom stereocenters. The highest BCUT2D eigenvalue weighted by Gasteiger charge is 2.49. The number of ketones is 1. The van der Waals surface area contributed by atoms with Crippen molar-refractivity contribution in [1.29, 1.82) is 0 Å². The lowest BCUT2D eigenvalue weighted by Gasteiger charge is -2.20. The van der Waals surface area contributed by atoms with E-state index in [1.54, 1.807) is 31.2 Å². The van der Waals surface area contributed by atoms with Gasteiger partial charge in [0, 0.05) is 5.56 Å². The van der Waals surface area contributed by atoms with Crippen LogP contribution in [0.1, 0.15) is 34.3 Å². The second kappa shape index (κ2) is 7.23. The second-order valence-electron chi connectivity index (χ2n) is 7.99. The van der Waals surface area contributed by atoms with Gasteiger partial charge in [-0.3, -0.25) is 14.5 Å². The van der Waals surface area contributed by atoms with E-state index in [2.05, 4.69) is 9.97 Å². The zero-order chi connectivity index (χ0) is 22.6. The van der Waals surface area contributed by atoms with Crippen molar-refractivity contribution in [3.05, 3.63) is 88.4 Å². The first-order chi connectivity index (χ1) is 15.3. The van der Waals surface area contributed by atoms with Crippen LogP contribution < -0.4 is 4.90 Å². The van der Waals surface area contributed by atoms with Crippen LogP contribution >= 0.6 is 0 Å². The number of amides is 1. The smallest absolute Gasteiger partial charge is 0.302 e. The molecule has 0 bridgehead atoms. The number of hydrogen-bond acceptors (Lipinski definition) is 5. The molecule has 1 aliphatic rings. The number of benzene rings is 2. The van der Waals surface area contributed by atoms with Crippen LogP contribution in [0.15, 0.2) is 64.6 Å². The Morgan fingerprint density at radius 3 is 2.50 bits per heavy atom. The number of aryl methyl sites for hydroxylation is 3. The number of Topliss-reactive ketones (excluding diaryl/α,β-unsaturated/α-hetero) is 1. The van der Waals surface area contributed by atoms with Crippen molar-refractivity contribution in [2.75, 3.05) is 4.90 Å². The topological polar surface area (TPSA) is 99.4 Å². The molecule has 1 aliphatic heterocycles. The van der Waals surface area contributed by atoms with Gasteiger partial charge in [0.1, 0.15) is 23.3 Å². The van der Waals surface area contributed by atoms with E-state index in [0.29, 0.717) is 22.6 Å². The first-order valence-electron chi connectivity index (χ1n) is 10.2. The number of rotatable bonds is 3. The van der Waals surface area contributed by atoms with Gasteiger partial charge < -0.3 is 14.5 Å². The van der Waals surface area contributed by atoms with Crippen LogP contribution in [0.3, 0.4) is 0 Å². The molecule has 2 aromatic carbocycles. The number of aromatic nitrogens is 2. The molecule has 5 rings (SSSR count). The standard InChI is InChI=1S/C25H21N3O4/c1-13-8-10-16(12-14(13)2)22(29)20-21(19-11-9-15(3)32-19)28(24(31)23(20)30)25-26-17-6-4-5-7-18(17)27-25/h4-12,21,29H,1-3H3,(H,26,27)/b22-20+. The highest BCUT2D eigenvalue weighted by atomic mass is 16.3. The number of aromatic amines is 1. The van der Waals surface area contributed by atoms with Gasteiger partial charge in [-0.1, -0.05) is 24.3 Å². The first kappa shape index (κ1) is 19.8. The van der Waals surface area contributed by atoms with E-state index < -0.39 is 17.7 Å². The summed E-state index contributed by atoms with van der Waals surface area (Å²) in [5.41, 5.74) is 3.84. The lowest BCUT2D eigenvalue weighted by atomic mass is 9.97. The zero-order valence-electron chi connectivity index (χ0n) is 17.8. The molecule has 1 fully saturated rings. The fraction of sp³-hybridized carbons (Fsp3) is 0.160. The molecule has 7 nitrogen and oxygen atoms in total. The summed E-state index contributed by atoms with van der Waals surface area (Å²) in [6.45, 7) is 5.66. The van der Waals surface area contributed by atoms with E-state index in [-0.39, 0.29) is 17.3 Å². The Hall–Kier alpha value is -4.13. The van der Waals surface area contributed by atoms with Crippen LogP contribution in [0.4, 0.5) is 5.95 Å². The molecule has 1 amide bonds. The Morgan fingerprint density at radius 2 is 1.81 bits per heavy atom.